The molecule has 0 amide bonds. The molecule has 27 heavy (non-hydrogen) atoms. The number of para-hydroxylation sites is 2. The van der Waals surface area contributed by atoms with Crippen molar-refractivity contribution in [3.05, 3.63) is 70.9 Å². The van der Waals surface area contributed by atoms with Crippen molar-refractivity contribution in [2.24, 2.45) is 0 Å². The highest BCUT2D eigenvalue weighted by Gasteiger charge is 2.19. The van der Waals surface area contributed by atoms with Crippen LogP contribution in [0.15, 0.2) is 54.6 Å². The second-order valence-electron chi connectivity index (χ2n) is 6.12. The Morgan fingerprint density at radius 1 is 1.07 bits per heavy atom. The molecule has 2 heterocycles. The van der Waals surface area contributed by atoms with Crippen LogP contribution >= 0.6 is 11.6 Å². The number of pyridine rings is 1. The van der Waals surface area contributed by atoms with Crippen LogP contribution in [0.2, 0.25) is 5.02 Å². The van der Waals surface area contributed by atoms with Crippen molar-refractivity contribution < 1.29 is 9.53 Å². The molecule has 0 fully saturated rings. The van der Waals surface area contributed by atoms with Gasteiger partial charge in [0.15, 0.2) is 0 Å². The predicted molar refractivity (Wildman–Crippen MR) is 106 cm³/mol. The van der Waals surface area contributed by atoms with Crippen LogP contribution in [0.25, 0.3) is 33.7 Å². The molecule has 0 unspecified atom stereocenters. The topological polar surface area (TPSA) is 67.9 Å². The number of carbonyl (C=O) groups is 1. The number of nitrogens with one attached hydrogen (secondary N) is 1. The predicted octanol–water partition coefficient (Wildman–Crippen LogP) is 5.04. The molecule has 6 heteroatoms. The van der Waals surface area contributed by atoms with E-state index in [-0.39, 0.29) is 0 Å². The Morgan fingerprint density at radius 2 is 1.89 bits per heavy atom. The van der Waals surface area contributed by atoms with Crippen LogP contribution in [-0.2, 0) is 4.74 Å². The number of benzene rings is 2. The summed E-state index contributed by atoms with van der Waals surface area (Å²) in [4.78, 5) is 24.8. The van der Waals surface area contributed by atoms with Gasteiger partial charge in [-0.15, -0.1) is 0 Å². The zero-order valence-electron chi connectivity index (χ0n) is 14.8. The maximum absolute atomic E-state index is 12.2. The third-order valence-electron chi connectivity index (χ3n) is 4.36. The number of aryl methyl sites for hydroxylation is 1. The van der Waals surface area contributed by atoms with E-state index >= 15 is 0 Å². The lowest BCUT2D eigenvalue weighted by molar-refractivity contribution is 0.0599. The molecule has 0 aliphatic heterocycles. The number of carbonyl (C=O) groups excluding carboxylic acids is 1. The Balaban J connectivity index is 2.00. The molecule has 0 radical (unpaired) electrons. The molecule has 0 atom stereocenters. The van der Waals surface area contributed by atoms with Crippen molar-refractivity contribution in [1.82, 2.24) is 15.0 Å². The van der Waals surface area contributed by atoms with E-state index in [1.807, 2.05) is 48.5 Å². The van der Waals surface area contributed by atoms with Gasteiger partial charge in [0, 0.05) is 16.1 Å². The minimum Gasteiger partial charge on any atom is -0.465 e. The molecule has 0 spiro atoms. The number of hydrogen-bond donors (Lipinski definition) is 1. The number of nitrogens with zero attached hydrogens (tertiary/aromatic N) is 2. The first-order chi connectivity index (χ1) is 13.1. The maximum Gasteiger partial charge on any atom is 0.339 e. The van der Waals surface area contributed by atoms with Gasteiger partial charge in [-0.1, -0.05) is 35.9 Å². The average molecular weight is 378 g/mol. The van der Waals surface area contributed by atoms with Crippen molar-refractivity contribution in [2.75, 3.05) is 7.11 Å². The van der Waals surface area contributed by atoms with Gasteiger partial charge in [0.25, 0.3) is 0 Å². The highest BCUT2D eigenvalue weighted by atomic mass is 35.5. The summed E-state index contributed by atoms with van der Waals surface area (Å²) in [6.07, 6.45) is 0. The van der Waals surface area contributed by atoms with Crippen LogP contribution in [-0.4, -0.2) is 28.0 Å². The second kappa shape index (κ2) is 6.85. The molecule has 4 aromatic rings. The van der Waals surface area contributed by atoms with Crippen LogP contribution in [0.3, 0.4) is 0 Å². The lowest BCUT2D eigenvalue weighted by Crippen LogP contribution is -2.07. The second-order valence-corrected chi connectivity index (χ2v) is 6.56. The number of methoxy groups -OCH3 is 1. The van der Waals surface area contributed by atoms with Gasteiger partial charge in [-0.05, 0) is 37.3 Å². The van der Waals surface area contributed by atoms with E-state index in [0.29, 0.717) is 33.4 Å². The number of ether oxygens (including phenoxy) is 1. The zero-order valence-corrected chi connectivity index (χ0v) is 15.5. The first-order valence-corrected chi connectivity index (χ1v) is 8.75. The van der Waals surface area contributed by atoms with Crippen LogP contribution in [0.4, 0.5) is 0 Å². The first-order valence-electron chi connectivity index (χ1n) is 8.38. The Bertz CT molecular complexity index is 1130. The van der Waals surface area contributed by atoms with Gasteiger partial charge in [0.2, 0.25) is 0 Å². The fourth-order valence-corrected chi connectivity index (χ4v) is 3.23. The monoisotopic (exact) mass is 377 g/mol. The minimum atomic E-state index is -0.435. The molecule has 1 N–H and O–H groups in total. The summed E-state index contributed by atoms with van der Waals surface area (Å²) in [7, 11) is 1.35. The summed E-state index contributed by atoms with van der Waals surface area (Å²) in [6, 6.07) is 17.0. The van der Waals surface area contributed by atoms with Crippen LogP contribution < -0.4 is 0 Å². The molecular weight excluding hydrogens is 362 g/mol. The molecule has 0 saturated heterocycles. The number of hydrogen-bond acceptors (Lipinski definition) is 4. The third kappa shape index (κ3) is 3.17. The Kier molecular flexibility index (Phi) is 4.38. The van der Waals surface area contributed by atoms with Gasteiger partial charge in [-0.25, -0.2) is 9.78 Å². The number of halogens is 1. The zero-order chi connectivity index (χ0) is 19.0. The molecule has 2 aromatic carbocycles. The summed E-state index contributed by atoms with van der Waals surface area (Å²) < 4.78 is 4.90. The fourth-order valence-electron chi connectivity index (χ4n) is 3.04. The summed E-state index contributed by atoms with van der Waals surface area (Å²) in [5.74, 6) is 0.193. The van der Waals surface area contributed by atoms with Crippen molar-refractivity contribution in [3.8, 4) is 22.6 Å². The molecule has 0 bridgehead atoms. The van der Waals surface area contributed by atoms with E-state index in [4.69, 9.17) is 16.3 Å². The molecular formula is C21H16ClN3O2. The number of H-pyrrole nitrogens is 1. The highest BCUT2D eigenvalue weighted by Crippen LogP contribution is 2.33. The van der Waals surface area contributed by atoms with Gasteiger partial charge in [-0.3, -0.25) is 4.98 Å². The lowest BCUT2D eigenvalue weighted by atomic mass is 10.0. The molecule has 0 aliphatic carbocycles. The lowest BCUT2D eigenvalue weighted by Gasteiger charge is -2.12. The highest BCUT2D eigenvalue weighted by molar-refractivity contribution is 6.30. The third-order valence-corrected chi connectivity index (χ3v) is 4.60. The molecule has 4 rings (SSSR count). The average Bonchev–Trinajstić information content (AvgIpc) is 3.11. The fraction of sp³-hybridized carbons (Fsp3) is 0.0952. The molecule has 0 aliphatic rings. The summed E-state index contributed by atoms with van der Waals surface area (Å²) >= 11 is 6.18. The maximum atomic E-state index is 12.2. The van der Waals surface area contributed by atoms with Crippen molar-refractivity contribution in [1.29, 1.82) is 0 Å². The van der Waals surface area contributed by atoms with Crippen LogP contribution in [0.1, 0.15) is 16.1 Å². The number of imidazole rings is 1. The van der Waals surface area contributed by atoms with E-state index in [9.17, 15) is 4.79 Å². The quantitative estimate of drug-likeness (QED) is 0.508. The number of esters is 1. The number of rotatable bonds is 3. The number of aromatic nitrogens is 3. The van der Waals surface area contributed by atoms with Gasteiger partial charge >= 0.3 is 5.97 Å². The van der Waals surface area contributed by atoms with Crippen LogP contribution in [0, 0.1) is 6.92 Å². The number of aromatic amines is 1. The number of fused-ring (bicyclic) bond motifs is 1. The van der Waals surface area contributed by atoms with E-state index < -0.39 is 5.97 Å². The molecule has 5 nitrogen and oxygen atoms in total. The summed E-state index contributed by atoms with van der Waals surface area (Å²) in [5, 5.41) is 0.611. The Hall–Kier alpha value is -3.18. The molecule has 134 valence electrons. The van der Waals surface area contributed by atoms with E-state index in [1.54, 1.807) is 13.0 Å². The summed E-state index contributed by atoms with van der Waals surface area (Å²) in [5.41, 5.74) is 4.98. The smallest absolute Gasteiger partial charge is 0.339 e. The van der Waals surface area contributed by atoms with Gasteiger partial charge < -0.3 is 9.72 Å². The molecule has 0 saturated carbocycles. The standard InChI is InChI=1S/C21H16ClN3O2/c1-12-15(21(26)27-2)11-16(19(23-12)13-6-5-7-14(22)10-13)20-24-17-8-3-4-9-18(17)25-20/h3-11H,1-2H3,(H,24,25). The van der Waals surface area contributed by atoms with Gasteiger partial charge in [-0.2, -0.15) is 0 Å². The SMILES string of the molecule is COC(=O)c1cc(-c2nc3ccccc3[nH]2)c(-c2cccc(Cl)c2)nc1C. The Morgan fingerprint density at radius 3 is 2.63 bits per heavy atom. The van der Waals surface area contributed by atoms with Crippen molar-refractivity contribution in [2.45, 2.75) is 6.92 Å². The molecule has 2 aromatic heterocycles. The van der Waals surface area contributed by atoms with Gasteiger partial charge in [0.05, 0.1) is 35.1 Å². The Labute approximate surface area is 161 Å². The van der Waals surface area contributed by atoms with Gasteiger partial charge in [0.1, 0.15) is 5.82 Å². The normalized spacial score (nSPS) is 10.9. The van der Waals surface area contributed by atoms with Crippen molar-refractivity contribution >= 4 is 28.6 Å². The summed E-state index contributed by atoms with van der Waals surface area (Å²) in [6.45, 7) is 1.78. The largest absolute Gasteiger partial charge is 0.465 e. The van der Waals surface area contributed by atoms with E-state index in [0.717, 1.165) is 16.6 Å². The minimum absolute atomic E-state index is 0.402. The first kappa shape index (κ1) is 17.2. The van der Waals surface area contributed by atoms with Crippen LogP contribution in [0.5, 0.6) is 0 Å². The van der Waals surface area contributed by atoms with E-state index in [1.165, 1.54) is 7.11 Å². The van der Waals surface area contributed by atoms with E-state index in [2.05, 4.69) is 15.0 Å². The van der Waals surface area contributed by atoms with Crippen molar-refractivity contribution in [3.63, 3.8) is 0 Å².